The SMILES string of the molecule is c1ccc2c(c1)Oc1ccccc1C21c2ccccc2-c2c(-c3ccccc3N(c3ccc(-c4ccc5sc6ccccc6c5c4)cc3)c3cccc4c3-c3ccccc3C43c4ccccc4Oc4ccccc43)cccc21. The number of nitrogens with zero attached hydrogens (tertiary/aromatic N) is 1. The Balaban J connectivity index is 0.926. The molecule has 1 aromatic heterocycles. The minimum Gasteiger partial charge on any atom is -0.457 e. The molecule has 13 aromatic rings. The fourth-order valence-corrected chi connectivity index (χ4v) is 15.3. The van der Waals surface area contributed by atoms with Crippen molar-refractivity contribution in [2.24, 2.45) is 0 Å². The Morgan fingerprint density at radius 2 is 0.705 bits per heavy atom. The molecule has 4 aliphatic rings. The lowest BCUT2D eigenvalue weighted by Crippen LogP contribution is -2.32. The van der Waals surface area contributed by atoms with Gasteiger partial charge in [-0.3, -0.25) is 0 Å². The van der Waals surface area contributed by atoms with Crippen molar-refractivity contribution in [2.75, 3.05) is 4.90 Å². The lowest BCUT2D eigenvalue weighted by atomic mass is 9.66. The van der Waals surface area contributed by atoms with Gasteiger partial charge in [0.2, 0.25) is 0 Å². The van der Waals surface area contributed by atoms with Gasteiger partial charge in [-0.2, -0.15) is 0 Å². The largest absolute Gasteiger partial charge is 0.457 e. The first-order chi connectivity index (χ1) is 38.7. The molecular weight excluding hydrogens is 967 g/mol. The summed E-state index contributed by atoms with van der Waals surface area (Å²) in [6, 6.07) is 101. The maximum atomic E-state index is 6.79. The molecule has 3 heterocycles. The van der Waals surface area contributed by atoms with Crippen LogP contribution in [0.25, 0.3) is 64.7 Å². The van der Waals surface area contributed by atoms with Gasteiger partial charge in [-0.1, -0.05) is 206 Å². The maximum Gasteiger partial charge on any atom is 0.132 e. The first kappa shape index (κ1) is 43.5. The molecule has 3 nitrogen and oxygen atoms in total. The van der Waals surface area contributed by atoms with Crippen molar-refractivity contribution in [3.8, 4) is 67.5 Å². The summed E-state index contributed by atoms with van der Waals surface area (Å²) in [4.78, 5) is 2.54. The van der Waals surface area contributed by atoms with Gasteiger partial charge >= 0.3 is 0 Å². The zero-order chi connectivity index (χ0) is 51.1. The van der Waals surface area contributed by atoms with Gasteiger partial charge in [0, 0.05) is 59.2 Å². The third-order valence-electron chi connectivity index (χ3n) is 17.2. The van der Waals surface area contributed by atoms with E-state index in [9.17, 15) is 0 Å². The standard InChI is InChI=1S/C74H45NO2S/c1-5-24-55-52(21-1)71-51(23-17-30-61(71)73(55)57-26-7-12-34-65(57)76-66-35-13-8-27-58(66)73)49-19-3-11-32-63(49)75(48-42-39-46(40-43-48)47-41-44-70-54(45-47)50-20-4-16-38-69(50)78-70)64-33-18-31-62-72(64)53-22-2-6-25-56(53)74(62)59-28-9-14-36-67(59)77-68-37-15-10-29-60(68)74/h1-45H. The quantitative estimate of drug-likeness (QED) is 0.171. The van der Waals surface area contributed by atoms with Crippen LogP contribution in [-0.2, 0) is 10.8 Å². The average molecular weight is 1010 g/mol. The number of hydrogen-bond acceptors (Lipinski definition) is 4. The van der Waals surface area contributed by atoms with Crippen LogP contribution >= 0.6 is 11.3 Å². The Morgan fingerprint density at radius 1 is 0.282 bits per heavy atom. The van der Waals surface area contributed by atoms with Crippen LogP contribution in [0.15, 0.2) is 273 Å². The highest BCUT2D eigenvalue weighted by Crippen LogP contribution is 2.66. The monoisotopic (exact) mass is 1010 g/mol. The van der Waals surface area contributed by atoms with Crippen molar-refractivity contribution in [3.05, 3.63) is 317 Å². The number of thiophene rings is 1. The van der Waals surface area contributed by atoms with Gasteiger partial charge in [0.05, 0.1) is 22.2 Å². The van der Waals surface area contributed by atoms with E-state index in [2.05, 4.69) is 278 Å². The summed E-state index contributed by atoms with van der Waals surface area (Å²) in [5.74, 6) is 3.52. The minimum atomic E-state index is -0.637. The number of ether oxygens (including phenoxy) is 2. The highest BCUT2D eigenvalue weighted by Gasteiger charge is 2.53. The summed E-state index contributed by atoms with van der Waals surface area (Å²) in [7, 11) is 0. The van der Waals surface area contributed by atoms with Gasteiger partial charge in [-0.15, -0.1) is 11.3 Å². The Hall–Kier alpha value is -9.74. The van der Waals surface area contributed by atoms with E-state index >= 15 is 0 Å². The molecule has 0 amide bonds. The Bertz CT molecular complexity index is 4570. The molecule has 0 N–H and O–H groups in total. The molecule has 0 radical (unpaired) electrons. The first-order valence-electron chi connectivity index (χ1n) is 26.8. The summed E-state index contributed by atoms with van der Waals surface area (Å²) in [6.07, 6.45) is 0. The van der Waals surface area contributed by atoms with Crippen molar-refractivity contribution in [1.82, 2.24) is 0 Å². The summed E-state index contributed by atoms with van der Waals surface area (Å²) in [5, 5.41) is 2.60. The smallest absolute Gasteiger partial charge is 0.132 e. The zero-order valence-electron chi connectivity index (χ0n) is 42.2. The van der Waals surface area contributed by atoms with Crippen molar-refractivity contribution in [1.29, 1.82) is 0 Å². The maximum absolute atomic E-state index is 6.79. The number of para-hydroxylation sites is 5. The van der Waals surface area contributed by atoms with Crippen molar-refractivity contribution >= 4 is 48.6 Å². The molecule has 78 heavy (non-hydrogen) atoms. The van der Waals surface area contributed by atoms with Crippen LogP contribution in [0.4, 0.5) is 17.1 Å². The zero-order valence-corrected chi connectivity index (χ0v) is 43.0. The molecule has 4 heteroatoms. The Morgan fingerprint density at radius 3 is 1.32 bits per heavy atom. The molecule has 2 spiro atoms. The molecular formula is C74H45NO2S. The van der Waals surface area contributed by atoms with E-state index in [-0.39, 0.29) is 0 Å². The second-order valence-electron chi connectivity index (χ2n) is 20.9. The van der Waals surface area contributed by atoms with Gasteiger partial charge < -0.3 is 14.4 Å². The normalized spacial score (nSPS) is 14.1. The van der Waals surface area contributed by atoms with E-state index < -0.39 is 10.8 Å². The van der Waals surface area contributed by atoms with Gasteiger partial charge in [0.15, 0.2) is 0 Å². The summed E-state index contributed by atoms with van der Waals surface area (Å²) in [6.45, 7) is 0. The average Bonchev–Trinajstić information content (AvgIpc) is 4.29. The number of hydrogen-bond donors (Lipinski definition) is 0. The fraction of sp³-hybridized carbons (Fsp3) is 0.0270. The number of anilines is 3. The molecule has 0 unspecified atom stereocenters. The van der Waals surface area contributed by atoms with Crippen LogP contribution < -0.4 is 14.4 Å². The highest BCUT2D eigenvalue weighted by molar-refractivity contribution is 7.25. The third kappa shape index (κ3) is 5.76. The van der Waals surface area contributed by atoms with E-state index in [1.54, 1.807) is 0 Å². The molecule has 2 aliphatic carbocycles. The summed E-state index contributed by atoms with van der Waals surface area (Å²) in [5.41, 5.74) is 21.1. The molecule has 0 bridgehead atoms. The van der Waals surface area contributed by atoms with E-state index in [4.69, 9.17) is 9.47 Å². The second kappa shape index (κ2) is 16.4. The van der Waals surface area contributed by atoms with E-state index in [1.807, 2.05) is 11.3 Å². The third-order valence-corrected chi connectivity index (χ3v) is 18.4. The molecule has 2 aliphatic heterocycles. The molecule has 12 aromatic carbocycles. The molecule has 0 saturated heterocycles. The van der Waals surface area contributed by atoms with Crippen molar-refractivity contribution < 1.29 is 9.47 Å². The second-order valence-corrected chi connectivity index (χ2v) is 22.0. The molecule has 364 valence electrons. The van der Waals surface area contributed by atoms with Crippen LogP contribution in [0.2, 0.25) is 0 Å². The van der Waals surface area contributed by atoms with Crippen LogP contribution in [-0.4, -0.2) is 0 Å². The topological polar surface area (TPSA) is 21.7 Å². The Kier molecular flexibility index (Phi) is 9.14. The molecule has 0 saturated carbocycles. The molecule has 17 rings (SSSR count). The predicted molar refractivity (Wildman–Crippen MR) is 320 cm³/mol. The summed E-state index contributed by atoms with van der Waals surface area (Å²) < 4.78 is 16.2. The van der Waals surface area contributed by atoms with Gasteiger partial charge in [0.1, 0.15) is 23.0 Å². The van der Waals surface area contributed by atoms with Crippen LogP contribution in [0.3, 0.4) is 0 Å². The lowest BCUT2D eigenvalue weighted by Gasteiger charge is -2.39. The molecule has 0 atom stereocenters. The highest BCUT2D eigenvalue weighted by atomic mass is 32.1. The van der Waals surface area contributed by atoms with E-state index in [1.165, 1.54) is 81.4 Å². The summed E-state index contributed by atoms with van der Waals surface area (Å²) >= 11 is 1.86. The van der Waals surface area contributed by atoms with Gasteiger partial charge in [0.25, 0.3) is 0 Å². The van der Waals surface area contributed by atoms with Crippen molar-refractivity contribution in [2.45, 2.75) is 10.8 Å². The van der Waals surface area contributed by atoms with Gasteiger partial charge in [-0.05, 0) is 122 Å². The predicted octanol–water partition coefficient (Wildman–Crippen LogP) is 19.8. The minimum absolute atomic E-state index is 0.606. The number of fused-ring (bicyclic) bond motifs is 21. The number of rotatable bonds is 5. The fourth-order valence-electron chi connectivity index (χ4n) is 14.2. The van der Waals surface area contributed by atoms with Crippen LogP contribution in [0.1, 0.15) is 44.5 Å². The van der Waals surface area contributed by atoms with E-state index in [0.717, 1.165) is 67.9 Å². The van der Waals surface area contributed by atoms with Crippen LogP contribution in [0, 0.1) is 0 Å². The van der Waals surface area contributed by atoms with Gasteiger partial charge in [-0.25, -0.2) is 0 Å². The first-order valence-corrected chi connectivity index (χ1v) is 27.6. The number of benzene rings is 12. The Labute approximate surface area is 456 Å². The lowest BCUT2D eigenvalue weighted by molar-refractivity contribution is 0.436. The van der Waals surface area contributed by atoms with E-state index in [0.29, 0.717) is 0 Å². The van der Waals surface area contributed by atoms with Crippen molar-refractivity contribution in [3.63, 3.8) is 0 Å². The molecule has 0 fully saturated rings. The van der Waals surface area contributed by atoms with Crippen LogP contribution in [0.5, 0.6) is 23.0 Å².